The van der Waals surface area contributed by atoms with Gasteiger partial charge in [0.15, 0.2) is 0 Å². The lowest BCUT2D eigenvalue weighted by Gasteiger charge is -2.16. The smallest absolute Gasteiger partial charge is 0.123 e. The molecule has 1 aromatic carbocycles. The fourth-order valence-corrected chi connectivity index (χ4v) is 2.39. The lowest BCUT2D eigenvalue weighted by atomic mass is 10.1. The number of benzene rings is 1. The van der Waals surface area contributed by atoms with E-state index in [0.29, 0.717) is 6.04 Å². The zero-order valence-corrected chi connectivity index (χ0v) is 11.7. The second-order valence-electron chi connectivity index (χ2n) is 4.58. The third-order valence-corrected chi connectivity index (χ3v) is 3.35. The van der Waals surface area contributed by atoms with Gasteiger partial charge < -0.3 is 15.4 Å². The van der Waals surface area contributed by atoms with Gasteiger partial charge in [0.05, 0.1) is 12.6 Å². The first kappa shape index (κ1) is 13.9. The second-order valence-corrected chi connectivity index (χ2v) is 4.58. The van der Waals surface area contributed by atoms with E-state index in [1.54, 1.807) is 7.11 Å². The normalized spacial score (nSPS) is 18.1. The number of nitrogens with one attached hydrogen (secondary N) is 2. The Bertz CT molecular complexity index is 555. The summed E-state index contributed by atoms with van der Waals surface area (Å²) in [7, 11) is 1.69. The van der Waals surface area contributed by atoms with Crippen LogP contribution in [0.25, 0.3) is 10.9 Å². The van der Waals surface area contributed by atoms with Crippen molar-refractivity contribution in [3.63, 3.8) is 0 Å². The van der Waals surface area contributed by atoms with Crippen LogP contribution in [-0.4, -0.2) is 31.2 Å². The number of pyridine rings is 1. The Morgan fingerprint density at radius 2 is 2.32 bits per heavy atom. The van der Waals surface area contributed by atoms with E-state index in [9.17, 15) is 0 Å². The van der Waals surface area contributed by atoms with Crippen LogP contribution in [0, 0.1) is 0 Å². The molecule has 1 fully saturated rings. The maximum atomic E-state index is 5.33. The van der Waals surface area contributed by atoms with Crippen LogP contribution >= 0.6 is 12.4 Å². The van der Waals surface area contributed by atoms with E-state index < -0.39 is 0 Å². The number of rotatable bonds is 3. The molecule has 2 aromatic rings. The number of halogens is 1. The third kappa shape index (κ3) is 2.91. The summed E-state index contributed by atoms with van der Waals surface area (Å²) in [6.07, 6.45) is 2.96. The highest BCUT2D eigenvalue weighted by molar-refractivity contribution is 5.92. The van der Waals surface area contributed by atoms with Gasteiger partial charge in [0, 0.05) is 42.0 Å². The first-order valence-corrected chi connectivity index (χ1v) is 6.27. The summed E-state index contributed by atoms with van der Waals surface area (Å²) in [6.45, 7) is 2.09. The molecule has 1 saturated heterocycles. The molecule has 0 unspecified atom stereocenters. The van der Waals surface area contributed by atoms with Gasteiger partial charge >= 0.3 is 0 Å². The van der Waals surface area contributed by atoms with Gasteiger partial charge in [-0.15, -0.1) is 12.4 Å². The molecule has 0 spiro atoms. The molecule has 1 aliphatic heterocycles. The lowest BCUT2D eigenvalue weighted by molar-refractivity contribution is 0.415. The van der Waals surface area contributed by atoms with Crippen LogP contribution in [-0.2, 0) is 0 Å². The number of nitrogens with zero attached hydrogens (tertiary/aromatic N) is 1. The van der Waals surface area contributed by atoms with Gasteiger partial charge in [-0.1, -0.05) is 0 Å². The van der Waals surface area contributed by atoms with Crippen molar-refractivity contribution in [2.24, 2.45) is 0 Å². The summed E-state index contributed by atoms with van der Waals surface area (Å²) < 4.78 is 5.33. The summed E-state index contributed by atoms with van der Waals surface area (Å²) in [6, 6.07) is 8.55. The molecule has 0 radical (unpaired) electrons. The molecule has 102 valence electrons. The SMILES string of the molecule is COc1cc(N[C@H]2CCNC2)c2cccnc2c1.Cl. The minimum atomic E-state index is 0. The van der Waals surface area contributed by atoms with Crippen molar-refractivity contribution in [1.82, 2.24) is 10.3 Å². The van der Waals surface area contributed by atoms with Crippen molar-refractivity contribution in [2.45, 2.75) is 12.5 Å². The van der Waals surface area contributed by atoms with Crippen molar-refractivity contribution in [1.29, 1.82) is 0 Å². The number of fused-ring (bicyclic) bond motifs is 1. The second kappa shape index (κ2) is 6.08. The molecule has 2 N–H and O–H groups in total. The fraction of sp³-hybridized carbons (Fsp3) is 0.357. The van der Waals surface area contributed by atoms with Crippen LogP contribution in [0.2, 0.25) is 0 Å². The standard InChI is InChI=1S/C14H17N3O.ClH/c1-18-11-7-13-12(3-2-5-16-13)14(8-11)17-10-4-6-15-9-10;/h2-3,5,7-8,10,15,17H,4,6,9H2,1H3;1H/t10-;/m0./s1. The van der Waals surface area contributed by atoms with Gasteiger partial charge in [-0.3, -0.25) is 4.98 Å². The molecule has 19 heavy (non-hydrogen) atoms. The van der Waals surface area contributed by atoms with Crippen molar-refractivity contribution < 1.29 is 4.74 Å². The number of anilines is 1. The van der Waals surface area contributed by atoms with Gasteiger partial charge in [-0.05, 0) is 25.1 Å². The fourth-order valence-electron chi connectivity index (χ4n) is 2.39. The van der Waals surface area contributed by atoms with Crippen molar-refractivity contribution in [3.05, 3.63) is 30.5 Å². The number of methoxy groups -OCH3 is 1. The molecule has 0 amide bonds. The number of hydrogen-bond acceptors (Lipinski definition) is 4. The topological polar surface area (TPSA) is 46.2 Å². The predicted molar refractivity (Wildman–Crippen MR) is 80.4 cm³/mol. The third-order valence-electron chi connectivity index (χ3n) is 3.35. The highest BCUT2D eigenvalue weighted by atomic mass is 35.5. The Hall–Kier alpha value is -1.52. The van der Waals surface area contributed by atoms with Crippen LogP contribution in [0.15, 0.2) is 30.5 Å². The quantitative estimate of drug-likeness (QED) is 0.906. The highest BCUT2D eigenvalue weighted by Gasteiger charge is 2.15. The molecular formula is C14H18ClN3O. The minimum absolute atomic E-state index is 0. The van der Waals surface area contributed by atoms with Gasteiger partial charge in [-0.2, -0.15) is 0 Å². The molecule has 0 aliphatic carbocycles. The first-order valence-electron chi connectivity index (χ1n) is 6.27. The van der Waals surface area contributed by atoms with E-state index in [1.165, 1.54) is 0 Å². The Balaban J connectivity index is 0.00000133. The van der Waals surface area contributed by atoms with Gasteiger partial charge in [0.2, 0.25) is 0 Å². The highest BCUT2D eigenvalue weighted by Crippen LogP contribution is 2.28. The Kier molecular flexibility index (Phi) is 4.45. The minimum Gasteiger partial charge on any atom is -0.497 e. The molecule has 1 aromatic heterocycles. The average molecular weight is 280 g/mol. The largest absolute Gasteiger partial charge is 0.497 e. The zero-order chi connectivity index (χ0) is 12.4. The van der Waals surface area contributed by atoms with Crippen LogP contribution in [0.5, 0.6) is 5.75 Å². The molecule has 3 rings (SSSR count). The Morgan fingerprint density at radius 1 is 1.42 bits per heavy atom. The molecule has 0 bridgehead atoms. The van der Waals surface area contributed by atoms with Gasteiger partial charge in [0.25, 0.3) is 0 Å². The molecule has 1 atom stereocenters. The van der Waals surface area contributed by atoms with E-state index in [-0.39, 0.29) is 12.4 Å². The van der Waals surface area contributed by atoms with E-state index >= 15 is 0 Å². The summed E-state index contributed by atoms with van der Waals surface area (Å²) in [5.41, 5.74) is 2.07. The summed E-state index contributed by atoms with van der Waals surface area (Å²) >= 11 is 0. The van der Waals surface area contributed by atoms with E-state index in [2.05, 4.69) is 21.7 Å². The maximum Gasteiger partial charge on any atom is 0.123 e. The summed E-state index contributed by atoms with van der Waals surface area (Å²) in [5, 5.41) is 8.08. The van der Waals surface area contributed by atoms with Crippen molar-refractivity contribution in [2.75, 3.05) is 25.5 Å². The maximum absolute atomic E-state index is 5.33. The first-order chi connectivity index (χ1) is 8.86. The molecule has 1 aliphatic rings. The van der Waals surface area contributed by atoms with Crippen molar-refractivity contribution in [3.8, 4) is 5.75 Å². The van der Waals surface area contributed by atoms with Gasteiger partial charge in [-0.25, -0.2) is 0 Å². The summed E-state index contributed by atoms with van der Waals surface area (Å²) in [4.78, 5) is 4.39. The van der Waals surface area contributed by atoms with Gasteiger partial charge in [0.1, 0.15) is 5.75 Å². The lowest BCUT2D eigenvalue weighted by Crippen LogP contribution is -2.22. The summed E-state index contributed by atoms with van der Waals surface area (Å²) in [5.74, 6) is 0.842. The van der Waals surface area contributed by atoms with Crippen LogP contribution in [0.3, 0.4) is 0 Å². The Morgan fingerprint density at radius 3 is 3.05 bits per heavy atom. The Labute approximate surface area is 119 Å². The predicted octanol–water partition coefficient (Wildman–Crippen LogP) is 2.44. The molecule has 4 nitrogen and oxygen atoms in total. The number of aromatic nitrogens is 1. The van der Waals surface area contributed by atoms with E-state index in [1.807, 2.05) is 24.4 Å². The van der Waals surface area contributed by atoms with Crippen molar-refractivity contribution >= 4 is 29.0 Å². The van der Waals surface area contributed by atoms with E-state index in [4.69, 9.17) is 4.74 Å². The number of hydrogen-bond donors (Lipinski definition) is 2. The molecule has 0 saturated carbocycles. The monoisotopic (exact) mass is 279 g/mol. The van der Waals surface area contributed by atoms with Crippen LogP contribution in [0.1, 0.15) is 6.42 Å². The molecule has 5 heteroatoms. The average Bonchev–Trinajstić information content (AvgIpc) is 2.91. The molecule has 2 heterocycles. The zero-order valence-electron chi connectivity index (χ0n) is 10.8. The molecular weight excluding hydrogens is 262 g/mol. The van der Waals surface area contributed by atoms with Crippen LogP contribution < -0.4 is 15.4 Å². The van der Waals surface area contributed by atoms with E-state index in [0.717, 1.165) is 41.9 Å². The van der Waals surface area contributed by atoms with Crippen LogP contribution in [0.4, 0.5) is 5.69 Å². The number of ether oxygens (including phenoxy) is 1.